The topological polar surface area (TPSA) is 111 Å². The summed E-state index contributed by atoms with van der Waals surface area (Å²) >= 11 is 0. The van der Waals surface area contributed by atoms with Crippen molar-refractivity contribution in [1.29, 1.82) is 0 Å². The molecule has 0 bridgehead atoms. The zero-order chi connectivity index (χ0) is 19.4. The van der Waals surface area contributed by atoms with Crippen LogP contribution in [0, 0.1) is 0 Å². The number of benzene rings is 2. The van der Waals surface area contributed by atoms with Crippen LogP contribution in [-0.2, 0) is 16.6 Å². The van der Waals surface area contributed by atoms with Crippen molar-refractivity contribution >= 4 is 15.8 Å². The summed E-state index contributed by atoms with van der Waals surface area (Å²) in [5.74, 6) is 0.939. The molecule has 2 aromatic carbocycles. The summed E-state index contributed by atoms with van der Waals surface area (Å²) in [5, 5.41) is 3.85. The molecule has 140 valence electrons. The van der Waals surface area contributed by atoms with Crippen LogP contribution in [0.2, 0.25) is 0 Å². The number of sulfonamides is 1. The smallest absolute Gasteiger partial charge is 0.242 e. The number of ether oxygens (including phenoxy) is 1. The highest BCUT2D eigenvalue weighted by atomic mass is 32.2. The summed E-state index contributed by atoms with van der Waals surface area (Å²) < 4.78 is 37.4. The number of Topliss-reactive ketones (excluding diaryl/α,β-unsaturated/α-hetero) is 1. The molecular formula is C18H17N3O5S. The normalized spacial score (nSPS) is 11.3. The van der Waals surface area contributed by atoms with Gasteiger partial charge in [0.05, 0.1) is 18.6 Å². The Balaban J connectivity index is 1.72. The van der Waals surface area contributed by atoms with Crippen molar-refractivity contribution in [3.8, 4) is 17.1 Å². The number of hydrogen-bond acceptors (Lipinski definition) is 7. The van der Waals surface area contributed by atoms with E-state index in [0.29, 0.717) is 22.7 Å². The number of nitrogens with one attached hydrogen (secondary N) is 1. The van der Waals surface area contributed by atoms with Gasteiger partial charge in [-0.25, -0.2) is 13.1 Å². The number of nitrogens with zero attached hydrogens (tertiary/aromatic N) is 2. The van der Waals surface area contributed by atoms with E-state index < -0.39 is 10.0 Å². The van der Waals surface area contributed by atoms with E-state index in [9.17, 15) is 13.2 Å². The van der Waals surface area contributed by atoms with Gasteiger partial charge in [-0.2, -0.15) is 4.98 Å². The highest BCUT2D eigenvalue weighted by Gasteiger charge is 2.17. The van der Waals surface area contributed by atoms with Crippen molar-refractivity contribution in [2.24, 2.45) is 0 Å². The van der Waals surface area contributed by atoms with Gasteiger partial charge in [0, 0.05) is 11.1 Å². The standard InChI is InChI=1S/C18H17N3O5S/c1-12(22)14-4-3-5-16(10-14)27(23,24)19-11-17-20-18(21-26-17)13-6-8-15(25-2)9-7-13/h3-10,19H,11H2,1-2H3. The number of carbonyl (C=O) groups excluding carboxylic acids is 1. The number of aromatic nitrogens is 2. The zero-order valence-electron chi connectivity index (χ0n) is 14.7. The fourth-order valence-electron chi connectivity index (χ4n) is 2.31. The van der Waals surface area contributed by atoms with Gasteiger partial charge in [0.15, 0.2) is 5.78 Å². The van der Waals surface area contributed by atoms with Gasteiger partial charge in [0.2, 0.25) is 21.7 Å². The molecule has 27 heavy (non-hydrogen) atoms. The maximum Gasteiger partial charge on any atom is 0.242 e. The van der Waals surface area contributed by atoms with Crippen LogP contribution in [0.5, 0.6) is 5.75 Å². The minimum Gasteiger partial charge on any atom is -0.497 e. The molecule has 8 nitrogen and oxygen atoms in total. The van der Waals surface area contributed by atoms with Crippen LogP contribution in [-0.4, -0.2) is 31.5 Å². The summed E-state index contributed by atoms with van der Waals surface area (Å²) in [6, 6.07) is 12.9. The zero-order valence-corrected chi connectivity index (χ0v) is 15.5. The fourth-order valence-corrected chi connectivity index (χ4v) is 3.33. The van der Waals surface area contributed by atoms with E-state index in [1.165, 1.54) is 25.1 Å². The van der Waals surface area contributed by atoms with Crippen molar-refractivity contribution in [2.45, 2.75) is 18.4 Å². The van der Waals surface area contributed by atoms with Gasteiger partial charge < -0.3 is 9.26 Å². The first kappa shape index (κ1) is 18.7. The monoisotopic (exact) mass is 387 g/mol. The highest BCUT2D eigenvalue weighted by molar-refractivity contribution is 7.89. The molecule has 0 aliphatic heterocycles. The van der Waals surface area contributed by atoms with Gasteiger partial charge >= 0.3 is 0 Å². The van der Waals surface area contributed by atoms with Crippen LogP contribution in [0.3, 0.4) is 0 Å². The van der Waals surface area contributed by atoms with E-state index in [0.717, 1.165) is 0 Å². The highest BCUT2D eigenvalue weighted by Crippen LogP contribution is 2.20. The molecule has 3 aromatic rings. The summed E-state index contributed by atoms with van der Waals surface area (Å²) in [4.78, 5) is 15.6. The van der Waals surface area contributed by atoms with Crippen molar-refractivity contribution in [1.82, 2.24) is 14.9 Å². The molecule has 9 heteroatoms. The number of carbonyl (C=O) groups is 1. The Morgan fingerprint density at radius 3 is 2.59 bits per heavy atom. The van der Waals surface area contributed by atoms with Gasteiger partial charge in [0.25, 0.3) is 0 Å². The average Bonchev–Trinajstić information content (AvgIpc) is 3.16. The lowest BCUT2D eigenvalue weighted by molar-refractivity contribution is 0.101. The predicted octanol–water partition coefficient (Wildman–Crippen LogP) is 2.43. The van der Waals surface area contributed by atoms with E-state index in [1.54, 1.807) is 37.4 Å². The van der Waals surface area contributed by atoms with Gasteiger partial charge in [-0.05, 0) is 43.3 Å². The molecule has 1 heterocycles. The second-order valence-corrected chi connectivity index (χ2v) is 7.42. The van der Waals surface area contributed by atoms with E-state index in [4.69, 9.17) is 9.26 Å². The Hall–Kier alpha value is -3.04. The summed E-state index contributed by atoms with van der Waals surface area (Å²) in [6.07, 6.45) is 0. The summed E-state index contributed by atoms with van der Waals surface area (Å²) in [5.41, 5.74) is 1.03. The fraction of sp³-hybridized carbons (Fsp3) is 0.167. The van der Waals surface area contributed by atoms with Gasteiger partial charge in [-0.15, -0.1) is 0 Å². The third-order valence-corrected chi connectivity index (χ3v) is 5.18. The lowest BCUT2D eigenvalue weighted by atomic mass is 10.2. The first-order valence-corrected chi connectivity index (χ1v) is 9.45. The maximum atomic E-state index is 12.4. The second kappa shape index (κ2) is 7.68. The Kier molecular flexibility index (Phi) is 5.33. The molecule has 0 aliphatic rings. The number of ketones is 1. The largest absolute Gasteiger partial charge is 0.497 e. The van der Waals surface area contributed by atoms with Crippen molar-refractivity contribution in [2.75, 3.05) is 7.11 Å². The van der Waals surface area contributed by atoms with E-state index in [-0.39, 0.29) is 23.1 Å². The van der Waals surface area contributed by atoms with Gasteiger partial charge in [-0.3, -0.25) is 4.79 Å². The summed E-state index contributed by atoms with van der Waals surface area (Å²) in [7, 11) is -2.26. The molecule has 1 aromatic heterocycles. The number of hydrogen-bond donors (Lipinski definition) is 1. The van der Waals surface area contributed by atoms with Gasteiger partial charge in [0.1, 0.15) is 5.75 Å². The van der Waals surface area contributed by atoms with Crippen LogP contribution in [0.15, 0.2) is 57.9 Å². The van der Waals surface area contributed by atoms with Crippen molar-refractivity contribution in [3.05, 3.63) is 60.0 Å². The van der Waals surface area contributed by atoms with Crippen LogP contribution < -0.4 is 9.46 Å². The van der Waals surface area contributed by atoms with Crippen LogP contribution >= 0.6 is 0 Å². The third kappa shape index (κ3) is 4.39. The average molecular weight is 387 g/mol. The SMILES string of the molecule is COc1ccc(-c2noc(CNS(=O)(=O)c3cccc(C(C)=O)c3)n2)cc1. The molecule has 0 aliphatic carbocycles. The van der Waals surface area contributed by atoms with Crippen LogP contribution in [0.4, 0.5) is 0 Å². The first-order chi connectivity index (χ1) is 12.9. The molecular weight excluding hydrogens is 370 g/mol. The maximum absolute atomic E-state index is 12.4. The van der Waals surface area contributed by atoms with E-state index >= 15 is 0 Å². The molecule has 0 fully saturated rings. The van der Waals surface area contributed by atoms with E-state index in [2.05, 4.69) is 14.9 Å². The quantitative estimate of drug-likeness (QED) is 0.620. The molecule has 0 unspecified atom stereocenters. The van der Waals surface area contributed by atoms with Gasteiger partial charge in [-0.1, -0.05) is 17.3 Å². The Morgan fingerprint density at radius 2 is 1.93 bits per heavy atom. The van der Waals surface area contributed by atoms with Crippen molar-refractivity contribution in [3.63, 3.8) is 0 Å². The number of rotatable bonds is 7. The van der Waals surface area contributed by atoms with E-state index in [1.807, 2.05) is 0 Å². The second-order valence-electron chi connectivity index (χ2n) is 5.65. The first-order valence-electron chi connectivity index (χ1n) is 7.97. The third-order valence-electron chi connectivity index (χ3n) is 3.78. The molecule has 0 atom stereocenters. The van der Waals surface area contributed by atoms with Crippen LogP contribution in [0.25, 0.3) is 11.4 Å². The number of methoxy groups -OCH3 is 1. The predicted molar refractivity (Wildman–Crippen MR) is 96.8 cm³/mol. The van der Waals surface area contributed by atoms with Crippen molar-refractivity contribution < 1.29 is 22.5 Å². The Morgan fingerprint density at radius 1 is 1.19 bits per heavy atom. The molecule has 0 spiro atoms. The Labute approximate surface area is 156 Å². The molecule has 0 amide bonds. The molecule has 0 radical (unpaired) electrons. The summed E-state index contributed by atoms with van der Waals surface area (Å²) in [6.45, 7) is 1.20. The molecule has 3 rings (SSSR count). The molecule has 0 saturated carbocycles. The lowest BCUT2D eigenvalue weighted by Gasteiger charge is -2.05. The Bertz CT molecular complexity index is 1060. The minimum atomic E-state index is -3.83. The molecule has 0 saturated heterocycles. The van der Waals surface area contributed by atoms with Crippen LogP contribution in [0.1, 0.15) is 23.2 Å². The lowest BCUT2D eigenvalue weighted by Crippen LogP contribution is -2.23. The minimum absolute atomic E-state index is 0.00917. The molecule has 1 N–H and O–H groups in total.